The number of nitrogens with one attached hydrogen (secondary N) is 1. The zero-order valence-electron chi connectivity index (χ0n) is 24.5. The molecule has 1 N–H and O–H groups in total. The first-order chi connectivity index (χ1) is 21.7. The number of H-pyrrole nitrogens is 1. The van der Waals surface area contributed by atoms with Crippen LogP contribution < -0.4 is 15.2 Å². The number of nitrogens with zero attached hydrogens (tertiary/aromatic N) is 6. The highest BCUT2D eigenvalue weighted by Gasteiger charge is 2.34. The van der Waals surface area contributed by atoms with Crippen LogP contribution >= 0.6 is 0 Å². The fourth-order valence-electron chi connectivity index (χ4n) is 6.23. The highest BCUT2D eigenvalue weighted by atomic mass is 19.1. The van der Waals surface area contributed by atoms with E-state index in [0.717, 1.165) is 19.4 Å². The molecule has 10 nitrogen and oxygen atoms in total. The van der Waals surface area contributed by atoms with E-state index in [0.29, 0.717) is 16.6 Å². The molecule has 4 aromatic rings. The van der Waals surface area contributed by atoms with Crippen LogP contribution in [0.2, 0.25) is 0 Å². The van der Waals surface area contributed by atoms with E-state index in [2.05, 4.69) is 26.4 Å². The molecule has 0 radical (unpaired) electrons. The maximum absolute atomic E-state index is 16.6. The summed E-state index contributed by atoms with van der Waals surface area (Å²) in [5.41, 5.74) is -0.741. The number of aromatic amines is 1. The number of halogens is 3. The van der Waals surface area contributed by atoms with Crippen LogP contribution in [0.15, 0.2) is 53.6 Å². The number of likely N-dealkylation sites (tertiary alicyclic amines) is 1. The molecule has 1 amide bonds. The molecule has 45 heavy (non-hydrogen) atoms. The lowest BCUT2D eigenvalue weighted by Gasteiger charge is -2.41. The monoisotopic (exact) mass is 617 g/mol. The van der Waals surface area contributed by atoms with Crippen LogP contribution in [0.25, 0.3) is 32.9 Å². The molecule has 6 rings (SSSR count). The molecule has 0 saturated carbocycles. The van der Waals surface area contributed by atoms with Crippen molar-refractivity contribution in [1.29, 1.82) is 5.26 Å². The van der Waals surface area contributed by atoms with Gasteiger partial charge in [-0.3, -0.25) is 9.59 Å². The third-order valence-corrected chi connectivity index (χ3v) is 8.54. The number of carbonyl (C=O) groups is 1. The van der Waals surface area contributed by atoms with Crippen molar-refractivity contribution in [1.82, 2.24) is 24.8 Å². The predicted octanol–water partition coefficient (Wildman–Crippen LogP) is 4.30. The Labute approximate surface area is 256 Å². The van der Waals surface area contributed by atoms with Gasteiger partial charge >= 0.3 is 6.01 Å². The molecule has 2 saturated heterocycles. The second-order valence-corrected chi connectivity index (χ2v) is 11.3. The summed E-state index contributed by atoms with van der Waals surface area (Å²) in [5, 5.41) is 10.1. The Balaban J connectivity index is 1.47. The Hall–Kier alpha value is -4.96. The summed E-state index contributed by atoms with van der Waals surface area (Å²) in [6.07, 6.45) is 1.86. The molecule has 0 spiro atoms. The van der Waals surface area contributed by atoms with E-state index in [1.165, 1.54) is 29.2 Å². The van der Waals surface area contributed by atoms with Crippen LogP contribution in [0.4, 0.5) is 19.0 Å². The Bertz CT molecular complexity index is 1920. The quantitative estimate of drug-likeness (QED) is 0.305. The minimum atomic E-state index is -1.12. The van der Waals surface area contributed by atoms with Crippen molar-refractivity contribution in [2.45, 2.75) is 31.3 Å². The van der Waals surface area contributed by atoms with Crippen LogP contribution in [0.1, 0.15) is 19.3 Å². The van der Waals surface area contributed by atoms with Crippen molar-refractivity contribution in [2.75, 3.05) is 44.7 Å². The van der Waals surface area contributed by atoms with Crippen LogP contribution in [-0.2, 0) is 4.79 Å². The van der Waals surface area contributed by atoms with E-state index in [1.54, 1.807) is 17.0 Å². The van der Waals surface area contributed by atoms with Gasteiger partial charge in [0.25, 0.3) is 5.91 Å². The van der Waals surface area contributed by atoms with E-state index in [-0.39, 0.29) is 66.9 Å². The largest absolute Gasteiger partial charge is 0.462 e. The van der Waals surface area contributed by atoms with Crippen molar-refractivity contribution in [3.63, 3.8) is 0 Å². The maximum Gasteiger partial charge on any atom is 0.319 e. The van der Waals surface area contributed by atoms with Crippen LogP contribution in [0.3, 0.4) is 0 Å². The third kappa shape index (κ3) is 5.69. The minimum absolute atomic E-state index is 0.0297. The molecule has 13 heteroatoms. The molecular weight excluding hydrogens is 587 g/mol. The third-order valence-electron chi connectivity index (χ3n) is 8.54. The minimum Gasteiger partial charge on any atom is -0.462 e. The van der Waals surface area contributed by atoms with Crippen LogP contribution in [0, 0.1) is 23.0 Å². The van der Waals surface area contributed by atoms with Gasteiger partial charge in [-0.2, -0.15) is 15.2 Å². The molecule has 2 aliphatic rings. The molecule has 2 aromatic carbocycles. The van der Waals surface area contributed by atoms with Crippen LogP contribution in [-0.4, -0.2) is 82.6 Å². The van der Waals surface area contributed by atoms with Gasteiger partial charge in [0.05, 0.1) is 24.2 Å². The van der Waals surface area contributed by atoms with Gasteiger partial charge in [0.15, 0.2) is 11.6 Å². The zero-order valence-corrected chi connectivity index (χ0v) is 24.5. The lowest BCUT2D eigenvalue weighted by molar-refractivity contribution is -0.131. The smallest absolute Gasteiger partial charge is 0.319 e. The highest BCUT2D eigenvalue weighted by molar-refractivity contribution is 5.99. The zero-order chi connectivity index (χ0) is 31.8. The van der Waals surface area contributed by atoms with Gasteiger partial charge in [0, 0.05) is 48.1 Å². The Morgan fingerprint density at radius 3 is 2.73 bits per heavy atom. The number of carbonyl (C=O) groups excluding carboxylic acids is 1. The topological polar surface area (TPSA) is 118 Å². The van der Waals surface area contributed by atoms with Gasteiger partial charge in [0.1, 0.15) is 23.8 Å². The average molecular weight is 618 g/mol. The highest BCUT2D eigenvalue weighted by Crippen LogP contribution is 2.36. The van der Waals surface area contributed by atoms with E-state index in [9.17, 15) is 19.2 Å². The fourth-order valence-corrected chi connectivity index (χ4v) is 6.23. The number of amides is 1. The summed E-state index contributed by atoms with van der Waals surface area (Å²) in [6, 6.07) is 9.92. The van der Waals surface area contributed by atoms with Crippen molar-refractivity contribution in [3.8, 4) is 23.3 Å². The number of nitriles is 1. The summed E-state index contributed by atoms with van der Waals surface area (Å²) >= 11 is 0. The number of anilines is 1. The number of aromatic nitrogens is 3. The predicted molar refractivity (Wildman–Crippen MR) is 162 cm³/mol. The molecule has 2 aromatic heterocycles. The number of piperazine rings is 1. The summed E-state index contributed by atoms with van der Waals surface area (Å²) in [7, 11) is 1.99. The van der Waals surface area contributed by atoms with E-state index >= 15 is 8.78 Å². The normalized spacial score (nSPS) is 18.8. The first kappa shape index (κ1) is 30.1. The summed E-state index contributed by atoms with van der Waals surface area (Å²) in [4.78, 5) is 41.8. The van der Waals surface area contributed by atoms with Gasteiger partial charge in [-0.1, -0.05) is 18.7 Å². The summed E-state index contributed by atoms with van der Waals surface area (Å²) < 4.78 is 51.4. The number of pyridine rings is 1. The average Bonchev–Trinajstić information content (AvgIpc) is 3.43. The summed E-state index contributed by atoms with van der Waals surface area (Å²) in [5.74, 6) is -3.16. The molecule has 0 bridgehead atoms. The molecule has 0 unspecified atom stereocenters. The first-order valence-corrected chi connectivity index (χ1v) is 14.6. The number of benzene rings is 2. The van der Waals surface area contributed by atoms with E-state index in [1.807, 2.05) is 13.1 Å². The molecule has 2 fully saturated rings. The SMILES string of the molecule is C=C(F)C(=O)N1CCN(c2nc(OC[C@@H]3CCCN3C)nc3c(F)c(-c4[nH]c(=O)cc5cccc(F)c45)ccc23)C[C@@H]1CC#N. The Morgan fingerprint density at radius 1 is 1.18 bits per heavy atom. The lowest BCUT2D eigenvalue weighted by atomic mass is 10.0. The second-order valence-electron chi connectivity index (χ2n) is 11.3. The molecular formula is C32H30F3N7O3. The fraction of sp³-hybridized carbons (Fsp3) is 0.344. The Morgan fingerprint density at radius 2 is 2.00 bits per heavy atom. The Kier molecular flexibility index (Phi) is 8.16. The van der Waals surface area contributed by atoms with E-state index < -0.39 is 35.0 Å². The molecule has 232 valence electrons. The number of hydrogen-bond acceptors (Lipinski definition) is 8. The van der Waals surface area contributed by atoms with Gasteiger partial charge in [-0.05, 0) is 50.0 Å². The standard InChI is InChI=1S/C32H30F3N7O3/c1-18(33)31(44)42-14-13-41(16-20(42)10-11-36)30-23-9-8-22(28-26-19(15-25(43)37-28)5-3-7-24(26)34)27(35)29(23)38-32(39-30)45-17-21-6-4-12-40(21)2/h3,5,7-9,15,20-21H,1,4,6,10,12-14,16-17H2,2H3,(H,37,43)/t20-,21-/m0/s1. The van der Waals surface area contributed by atoms with Gasteiger partial charge < -0.3 is 24.4 Å². The summed E-state index contributed by atoms with van der Waals surface area (Å²) in [6.45, 7) is 4.66. The maximum atomic E-state index is 16.6. The number of ether oxygens (including phenoxy) is 1. The molecule has 0 aliphatic carbocycles. The number of rotatable bonds is 7. The number of fused-ring (bicyclic) bond motifs is 2. The van der Waals surface area contributed by atoms with Crippen molar-refractivity contribution in [3.05, 3.63) is 70.8 Å². The molecule has 4 heterocycles. The first-order valence-electron chi connectivity index (χ1n) is 14.6. The number of hydrogen-bond donors (Lipinski definition) is 1. The molecule has 2 atom stereocenters. The molecule has 2 aliphatic heterocycles. The van der Waals surface area contributed by atoms with Crippen molar-refractivity contribution >= 4 is 33.4 Å². The van der Waals surface area contributed by atoms with Gasteiger partial charge in [-0.25, -0.2) is 13.2 Å². The van der Waals surface area contributed by atoms with E-state index in [4.69, 9.17) is 4.74 Å². The van der Waals surface area contributed by atoms with Crippen LogP contribution in [0.5, 0.6) is 6.01 Å². The second kappa shape index (κ2) is 12.2. The lowest BCUT2D eigenvalue weighted by Crippen LogP contribution is -2.55. The van der Waals surface area contributed by atoms with Crippen molar-refractivity contribution in [2.24, 2.45) is 0 Å². The van der Waals surface area contributed by atoms with Crippen molar-refractivity contribution < 1.29 is 22.7 Å². The van der Waals surface area contributed by atoms with Gasteiger partial charge in [0.2, 0.25) is 5.56 Å². The number of likely N-dealkylation sites (N-methyl/N-ethyl adjacent to an activating group) is 1. The van der Waals surface area contributed by atoms with Gasteiger partial charge in [-0.15, -0.1) is 0 Å².